The van der Waals surface area contributed by atoms with Crippen molar-refractivity contribution in [1.82, 2.24) is 0 Å². The molecule has 0 aliphatic rings. The average molecular weight is 318 g/mol. The van der Waals surface area contributed by atoms with Crippen LogP contribution >= 0.6 is 0 Å². The molecule has 0 spiro atoms. The Kier molecular flexibility index (Phi) is 8.42. The Morgan fingerprint density at radius 3 is 1.18 bits per heavy atom. The van der Waals surface area contributed by atoms with Gasteiger partial charge in [-0.2, -0.15) is 0 Å². The van der Waals surface area contributed by atoms with Gasteiger partial charge in [0.2, 0.25) is 0 Å². The van der Waals surface area contributed by atoms with Crippen LogP contribution in [0.25, 0.3) is 0 Å². The first-order valence-corrected chi connectivity index (χ1v) is 6.54. The van der Waals surface area contributed by atoms with Crippen molar-refractivity contribution in [2.45, 2.75) is 38.5 Å². The molecule has 2 atom stereocenters. The highest BCUT2D eigenvalue weighted by atomic mass is 16.4. The number of carbonyl (C=O) groups is 5. The molecule has 9 nitrogen and oxygen atoms in total. The number of Topliss-reactive ketones (excluding diaryl/α,β-unsaturated/α-hetero) is 1. The smallest absolute Gasteiger partial charge is 0.306 e. The molecule has 0 fully saturated rings. The number of carboxylic acid groups (broad SMARTS) is 4. The molecule has 124 valence electrons. The van der Waals surface area contributed by atoms with Crippen LogP contribution in [0.3, 0.4) is 0 Å². The molecule has 0 heterocycles. The van der Waals surface area contributed by atoms with E-state index < -0.39 is 67.2 Å². The van der Waals surface area contributed by atoms with Crippen LogP contribution in [0.2, 0.25) is 0 Å². The van der Waals surface area contributed by atoms with Gasteiger partial charge in [-0.25, -0.2) is 0 Å². The monoisotopic (exact) mass is 318 g/mol. The van der Waals surface area contributed by atoms with Crippen molar-refractivity contribution in [3.05, 3.63) is 0 Å². The highest BCUT2D eigenvalue weighted by molar-refractivity contribution is 5.87. The second kappa shape index (κ2) is 9.48. The van der Waals surface area contributed by atoms with Crippen molar-refractivity contribution < 1.29 is 44.4 Å². The molecule has 0 radical (unpaired) electrons. The van der Waals surface area contributed by atoms with Crippen LogP contribution in [0.5, 0.6) is 0 Å². The minimum absolute atomic E-state index is 0.233. The molecule has 22 heavy (non-hydrogen) atoms. The van der Waals surface area contributed by atoms with E-state index in [9.17, 15) is 24.0 Å². The summed E-state index contributed by atoms with van der Waals surface area (Å²) in [4.78, 5) is 54.5. The maximum absolute atomic E-state index is 11.7. The van der Waals surface area contributed by atoms with Crippen LogP contribution in [-0.2, 0) is 24.0 Å². The molecule has 0 aromatic carbocycles. The van der Waals surface area contributed by atoms with Crippen molar-refractivity contribution in [3.63, 3.8) is 0 Å². The van der Waals surface area contributed by atoms with Gasteiger partial charge < -0.3 is 20.4 Å². The number of hydrogen-bond donors (Lipinski definition) is 4. The summed E-state index contributed by atoms with van der Waals surface area (Å²) >= 11 is 0. The molecule has 0 bridgehead atoms. The van der Waals surface area contributed by atoms with Gasteiger partial charge >= 0.3 is 23.9 Å². The predicted octanol–water partition coefficient (Wildman–Crippen LogP) is 0.467. The maximum Gasteiger partial charge on any atom is 0.306 e. The van der Waals surface area contributed by atoms with Crippen LogP contribution in [0.15, 0.2) is 0 Å². The topological polar surface area (TPSA) is 166 Å². The molecule has 0 aliphatic carbocycles. The lowest BCUT2D eigenvalue weighted by atomic mass is 9.90. The summed E-state index contributed by atoms with van der Waals surface area (Å²) in [6.45, 7) is 0. The van der Waals surface area contributed by atoms with E-state index in [-0.39, 0.29) is 12.8 Å². The van der Waals surface area contributed by atoms with Gasteiger partial charge in [0.25, 0.3) is 0 Å². The Balaban J connectivity index is 4.57. The maximum atomic E-state index is 11.7. The molecule has 0 saturated carbocycles. The molecule has 4 N–H and O–H groups in total. The first-order chi connectivity index (χ1) is 10.1. The van der Waals surface area contributed by atoms with Crippen LogP contribution < -0.4 is 0 Å². The van der Waals surface area contributed by atoms with Crippen molar-refractivity contribution >= 4 is 29.7 Å². The van der Waals surface area contributed by atoms with Crippen molar-refractivity contribution in [1.29, 1.82) is 0 Å². The third kappa shape index (κ3) is 8.67. The Labute approximate surface area is 125 Å². The highest BCUT2D eigenvalue weighted by Gasteiger charge is 2.26. The predicted molar refractivity (Wildman–Crippen MR) is 70.2 cm³/mol. The summed E-state index contributed by atoms with van der Waals surface area (Å²) in [6.07, 6.45) is -2.23. The fourth-order valence-electron chi connectivity index (χ4n) is 1.85. The molecular formula is C13H18O9. The van der Waals surface area contributed by atoms with Gasteiger partial charge in [0.05, 0.1) is 11.8 Å². The molecule has 0 amide bonds. The first kappa shape index (κ1) is 19.6. The van der Waals surface area contributed by atoms with E-state index in [2.05, 4.69) is 0 Å². The number of rotatable bonds is 12. The molecule has 0 unspecified atom stereocenters. The number of ketones is 1. The van der Waals surface area contributed by atoms with Gasteiger partial charge in [-0.1, -0.05) is 0 Å². The van der Waals surface area contributed by atoms with Crippen LogP contribution in [-0.4, -0.2) is 50.1 Å². The minimum atomic E-state index is -1.33. The van der Waals surface area contributed by atoms with E-state index in [4.69, 9.17) is 20.4 Å². The lowest BCUT2D eigenvalue weighted by molar-refractivity contribution is -0.146. The molecule has 0 saturated heterocycles. The van der Waals surface area contributed by atoms with Gasteiger partial charge in [-0.15, -0.1) is 0 Å². The van der Waals surface area contributed by atoms with Gasteiger partial charge in [0.15, 0.2) is 0 Å². The van der Waals surface area contributed by atoms with Gasteiger partial charge in [0.1, 0.15) is 5.78 Å². The van der Waals surface area contributed by atoms with Gasteiger partial charge in [0, 0.05) is 25.7 Å². The highest BCUT2D eigenvalue weighted by Crippen LogP contribution is 2.18. The largest absolute Gasteiger partial charge is 0.481 e. The first-order valence-electron chi connectivity index (χ1n) is 6.54. The Hall–Kier alpha value is -2.45. The van der Waals surface area contributed by atoms with Gasteiger partial charge in [-0.05, 0) is 12.8 Å². The summed E-state index contributed by atoms with van der Waals surface area (Å²) in [6, 6.07) is 0. The van der Waals surface area contributed by atoms with E-state index in [1.54, 1.807) is 0 Å². The quantitative estimate of drug-likeness (QED) is 0.399. The Morgan fingerprint density at radius 2 is 0.955 bits per heavy atom. The van der Waals surface area contributed by atoms with Crippen LogP contribution in [0.4, 0.5) is 0 Å². The second-order valence-corrected chi connectivity index (χ2v) is 4.88. The molecule has 0 aromatic rings. The summed E-state index contributed by atoms with van der Waals surface area (Å²) in [5, 5.41) is 34.8. The third-order valence-corrected chi connectivity index (χ3v) is 3.06. The lowest BCUT2D eigenvalue weighted by Crippen LogP contribution is -2.23. The summed E-state index contributed by atoms with van der Waals surface area (Å²) in [5.74, 6) is -8.07. The third-order valence-electron chi connectivity index (χ3n) is 3.06. The standard InChI is InChI=1S/C13H18O9/c14-9(5-7(12(19)20)1-3-10(15)16)6-8(13(21)22)2-4-11(17)18/h7-8H,1-6H2,(H,15,16)(H,17,18)(H,19,20)(H,21,22)/t7-,8-/m0/s1. The summed E-state index contributed by atoms with van der Waals surface area (Å²) in [5.41, 5.74) is 0. The van der Waals surface area contributed by atoms with Crippen molar-refractivity contribution in [3.8, 4) is 0 Å². The van der Waals surface area contributed by atoms with Crippen molar-refractivity contribution in [2.75, 3.05) is 0 Å². The lowest BCUT2D eigenvalue weighted by Gasteiger charge is -2.13. The Morgan fingerprint density at radius 1 is 0.636 bits per heavy atom. The molecule has 0 aliphatic heterocycles. The summed E-state index contributed by atoms with van der Waals surface area (Å²) in [7, 11) is 0. The fourth-order valence-corrected chi connectivity index (χ4v) is 1.85. The molecule has 0 aromatic heterocycles. The van der Waals surface area contributed by atoms with Crippen LogP contribution in [0, 0.1) is 11.8 Å². The van der Waals surface area contributed by atoms with E-state index in [1.165, 1.54) is 0 Å². The van der Waals surface area contributed by atoms with E-state index in [0.29, 0.717) is 0 Å². The number of aliphatic carboxylic acids is 4. The molecular weight excluding hydrogens is 300 g/mol. The van der Waals surface area contributed by atoms with Gasteiger partial charge in [-0.3, -0.25) is 24.0 Å². The zero-order valence-electron chi connectivity index (χ0n) is 11.7. The van der Waals surface area contributed by atoms with Crippen molar-refractivity contribution in [2.24, 2.45) is 11.8 Å². The van der Waals surface area contributed by atoms with E-state index >= 15 is 0 Å². The van der Waals surface area contributed by atoms with Crippen LogP contribution in [0.1, 0.15) is 38.5 Å². The fraction of sp³-hybridized carbons (Fsp3) is 0.615. The van der Waals surface area contributed by atoms with E-state index in [1.807, 2.05) is 0 Å². The SMILES string of the molecule is O=C(O)CC[C@@H](CC(=O)C[C@H](CCC(=O)O)C(=O)O)C(=O)O. The molecule has 9 heteroatoms. The summed E-state index contributed by atoms with van der Waals surface area (Å²) < 4.78 is 0. The number of hydrogen-bond acceptors (Lipinski definition) is 5. The second-order valence-electron chi connectivity index (χ2n) is 4.88. The Bertz CT molecular complexity index is 414. The minimum Gasteiger partial charge on any atom is -0.481 e. The number of carboxylic acids is 4. The average Bonchev–Trinajstić information content (AvgIpc) is 2.38. The number of carbonyl (C=O) groups excluding carboxylic acids is 1. The zero-order valence-corrected chi connectivity index (χ0v) is 11.7. The molecule has 0 rings (SSSR count). The van der Waals surface area contributed by atoms with E-state index in [0.717, 1.165) is 0 Å². The normalized spacial score (nSPS) is 13.1. The zero-order chi connectivity index (χ0) is 17.3.